The number of amides is 1. The summed E-state index contributed by atoms with van der Waals surface area (Å²) in [6.07, 6.45) is 5.09. The zero-order valence-electron chi connectivity index (χ0n) is 12.9. The lowest BCUT2D eigenvalue weighted by Crippen LogP contribution is -2.31. The third-order valence-electron chi connectivity index (χ3n) is 3.91. The van der Waals surface area contributed by atoms with E-state index in [0.29, 0.717) is 10.6 Å². The molecule has 1 N–H and O–H groups in total. The van der Waals surface area contributed by atoms with Gasteiger partial charge in [0.2, 0.25) is 5.91 Å². The summed E-state index contributed by atoms with van der Waals surface area (Å²) in [4.78, 5) is 15.1. The smallest absolute Gasteiger partial charge is 0.247 e. The Kier molecular flexibility index (Phi) is 5.33. The number of hydrogen-bond donors (Lipinski definition) is 1. The van der Waals surface area contributed by atoms with Gasteiger partial charge in [-0.2, -0.15) is 0 Å². The molecule has 1 fully saturated rings. The van der Waals surface area contributed by atoms with Crippen LogP contribution in [0.25, 0.3) is 6.08 Å². The van der Waals surface area contributed by atoms with Crippen molar-refractivity contribution in [1.82, 2.24) is 4.90 Å². The Labute approximate surface area is 149 Å². The summed E-state index contributed by atoms with van der Waals surface area (Å²) in [5.74, 6) is -0.549. The molecule has 0 bridgehead atoms. The summed E-state index contributed by atoms with van der Waals surface area (Å²) in [5, 5.41) is 11.3. The number of thiophene rings is 1. The Morgan fingerprint density at radius 2 is 2.25 bits per heavy atom. The highest BCUT2D eigenvalue weighted by atomic mass is 35.5. The van der Waals surface area contributed by atoms with Gasteiger partial charge in [0.15, 0.2) is 0 Å². The molecule has 3 nitrogen and oxygen atoms in total. The molecule has 0 aliphatic heterocycles. The van der Waals surface area contributed by atoms with E-state index in [1.165, 1.54) is 23.5 Å². The van der Waals surface area contributed by atoms with Crippen molar-refractivity contribution in [1.29, 1.82) is 0 Å². The van der Waals surface area contributed by atoms with Gasteiger partial charge in [-0.15, -0.1) is 11.3 Å². The molecule has 2 aromatic rings. The van der Waals surface area contributed by atoms with Crippen LogP contribution in [0.5, 0.6) is 0 Å². The standard InChI is InChI=1S/C18H17ClFNO2S/c19-16-2-1-3-17(20)15(16)9-21(13-4-5-13)18(23)7-6-14-8-12(10-22)11-24-14/h1-3,6-8,11,13,22H,4-5,9-10H2. The van der Waals surface area contributed by atoms with Crippen LogP contribution in [0.1, 0.15) is 28.8 Å². The number of carbonyl (C=O) groups is 1. The molecule has 1 aliphatic rings. The highest BCUT2D eigenvalue weighted by Gasteiger charge is 2.32. The molecule has 1 heterocycles. The fraction of sp³-hybridized carbons (Fsp3) is 0.278. The summed E-state index contributed by atoms with van der Waals surface area (Å²) in [7, 11) is 0. The Balaban J connectivity index is 1.74. The number of hydrogen-bond acceptors (Lipinski definition) is 3. The molecule has 1 aromatic carbocycles. The van der Waals surface area contributed by atoms with Crippen LogP contribution in [0.2, 0.25) is 5.02 Å². The van der Waals surface area contributed by atoms with Crippen molar-refractivity contribution in [2.75, 3.05) is 0 Å². The second kappa shape index (κ2) is 7.47. The lowest BCUT2D eigenvalue weighted by Gasteiger charge is -2.21. The molecular weight excluding hydrogens is 349 g/mol. The van der Waals surface area contributed by atoms with Gasteiger partial charge in [0, 0.05) is 27.6 Å². The quantitative estimate of drug-likeness (QED) is 0.778. The van der Waals surface area contributed by atoms with E-state index in [2.05, 4.69) is 0 Å². The van der Waals surface area contributed by atoms with Gasteiger partial charge in [-0.05, 0) is 48.1 Å². The largest absolute Gasteiger partial charge is 0.392 e. The van der Waals surface area contributed by atoms with Crippen molar-refractivity contribution in [2.24, 2.45) is 0 Å². The van der Waals surface area contributed by atoms with Gasteiger partial charge in [-0.3, -0.25) is 4.79 Å². The third-order valence-corrected chi connectivity index (χ3v) is 5.21. The van der Waals surface area contributed by atoms with E-state index in [-0.39, 0.29) is 25.1 Å². The van der Waals surface area contributed by atoms with Gasteiger partial charge < -0.3 is 10.0 Å². The number of aliphatic hydroxyl groups is 1. The fourth-order valence-electron chi connectivity index (χ4n) is 2.44. The number of benzene rings is 1. The molecule has 0 radical (unpaired) electrons. The van der Waals surface area contributed by atoms with Crippen LogP contribution in [-0.4, -0.2) is 22.0 Å². The Morgan fingerprint density at radius 1 is 1.46 bits per heavy atom. The minimum Gasteiger partial charge on any atom is -0.392 e. The molecule has 0 unspecified atom stereocenters. The van der Waals surface area contributed by atoms with Crippen LogP contribution < -0.4 is 0 Å². The molecule has 1 amide bonds. The molecule has 3 rings (SSSR count). The molecule has 0 spiro atoms. The van der Waals surface area contributed by atoms with Crippen molar-refractivity contribution < 1.29 is 14.3 Å². The van der Waals surface area contributed by atoms with Crippen LogP contribution in [0.3, 0.4) is 0 Å². The van der Waals surface area contributed by atoms with E-state index < -0.39 is 5.82 Å². The molecule has 1 saturated carbocycles. The average molecular weight is 366 g/mol. The lowest BCUT2D eigenvalue weighted by atomic mass is 10.2. The SMILES string of the molecule is O=C(C=Cc1cc(CO)cs1)N(Cc1c(F)cccc1Cl)C1CC1. The third kappa shape index (κ3) is 4.04. The van der Waals surface area contributed by atoms with Crippen molar-refractivity contribution in [3.05, 3.63) is 62.6 Å². The second-order valence-corrected chi connectivity index (χ2v) is 7.10. The van der Waals surface area contributed by atoms with E-state index in [1.807, 2.05) is 11.4 Å². The van der Waals surface area contributed by atoms with Gasteiger partial charge in [0.1, 0.15) is 5.82 Å². The fourth-order valence-corrected chi connectivity index (χ4v) is 3.46. The maximum Gasteiger partial charge on any atom is 0.247 e. The zero-order valence-corrected chi connectivity index (χ0v) is 14.5. The van der Waals surface area contributed by atoms with E-state index in [1.54, 1.807) is 23.1 Å². The summed E-state index contributed by atoms with van der Waals surface area (Å²) >= 11 is 7.54. The van der Waals surface area contributed by atoms with Crippen molar-refractivity contribution >= 4 is 34.9 Å². The van der Waals surface area contributed by atoms with Crippen LogP contribution >= 0.6 is 22.9 Å². The molecule has 0 atom stereocenters. The van der Waals surface area contributed by atoms with Crippen molar-refractivity contribution in [3.63, 3.8) is 0 Å². The molecular formula is C18H17ClFNO2S. The van der Waals surface area contributed by atoms with Crippen LogP contribution in [0.4, 0.5) is 4.39 Å². The van der Waals surface area contributed by atoms with Gasteiger partial charge in [0.05, 0.1) is 13.2 Å². The summed E-state index contributed by atoms with van der Waals surface area (Å²) in [6.45, 7) is 0.157. The Bertz CT molecular complexity index is 750. The first-order valence-corrected chi connectivity index (χ1v) is 8.94. The monoisotopic (exact) mass is 365 g/mol. The first kappa shape index (κ1) is 17.1. The minimum atomic E-state index is -0.393. The summed E-state index contributed by atoms with van der Waals surface area (Å²) < 4.78 is 14.0. The number of nitrogens with zero attached hydrogens (tertiary/aromatic N) is 1. The van der Waals surface area contributed by atoms with E-state index >= 15 is 0 Å². The molecule has 6 heteroatoms. The van der Waals surface area contributed by atoms with Crippen LogP contribution in [-0.2, 0) is 17.9 Å². The summed E-state index contributed by atoms with van der Waals surface area (Å²) in [6, 6.07) is 6.53. The second-order valence-electron chi connectivity index (χ2n) is 5.75. The van der Waals surface area contributed by atoms with E-state index in [9.17, 15) is 9.18 Å². The Morgan fingerprint density at radius 3 is 2.88 bits per heavy atom. The zero-order chi connectivity index (χ0) is 17.1. The molecule has 1 aromatic heterocycles. The predicted octanol–water partition coefficient (Wildman–Crippen LogP) is 4.24. The number of carbonyl (C=O) groups excluding carboxylic acids is 1. The van der Waals surface area contributed by atoms with E-state index in [4.69, 9.17) is 16.7 Å². The average Bonchev–Trinajstić information content (AvgIpc) is 3.30. The number of halogens is 2. The number of aliphatic hydroxyl groups excluding tert-OH is 1. The highest BCUT2D eigenvalue weighted by molar-refractivity contribution is 7.11. The van der Waals surface area contributed by atoms with E-state index in [0.717, 1.165) is 23.3 Å². The van der Waals surface area contributed by atoms with Gasteiger partial charge >= 0.3 is 0 Å². The lowest BCUT2D eigenvalue weighted by molar-refractivity contribution is -0.127. The van der Waals surface area contributed by atoms with Gasteiger partial charge in [-0.25, -0.2) is 4.39 Å². The van der Waals surface area contributed by atoms with Crippen LogP contribution in [0.15, 0.2) is 35.7 Å². The van der Waals surface area contributed by atoms with Crippen molar-refractivity contribution in [2.45, 2.75) is 32.0 Å². The maximum atomic E-state index is 14.0. The minimum absolute atomic E-state index is 0.0156. The first-order chi connectivity index (χ1) is 11.6. The molecule has 1 aliphatic carbocycles. The van der Waals surface area contributed by atoms with Crippen LogP contribution in [0, 0.1) is 5.82 Å². The number of rotatable bonds is 6. The first-order valence-electron chi connectivity index (χ1n) is 7.68. The maximum absolute atomic E-state index is 14.0. The Hall–Kier alpha value is -1.69. The summed E-state index contributed by atoms with van der Waals surface area (Å²) in [5.41, 5.74) is 1.18. The molecule has 24 heavy (non-hydrogen) atoms. The highest BCUT2D eigenvalue weighted by Crippen LogP contribution is 2.31. The molecule has 126 valence electrons. The van der Waals surface area contributed by atoms with Gasteiger partial charge in [0.25, 0.3) is 0 Å². The van der Waals surface area contributed by atoms with Gasteiger partial charge in [-0.1, -0.05) is 17.7 Å². The molecule has 0 saturated heterocycles. The predicted molar refractivity (Wildman–Crippen MR) is 94.3 cm³/mol. The normalized spacial score (nSPS) is 14.3. The van der Waals surface area contributed by atoms with Crippen molar-refractivity contribution in [3.8, 4) is 0 Å². The topological polar surface area (TPSA) is 40.5 Å².